The van der Waals surface area contributed by atoms with Crippen LogP contribution in [-0.4, -0.2) is 24.2 Å². The second-order valence-corrected chi connectivity index (χ2v) is 3.00. The third kappa shape index (κ3) is 1.57. The second-order valence-electron chi connectivity index (χ2n) is 3.00. The van der Waals surface area contributed by atoms with Gasteiger partial charge >= 0.3 is 5.76 Å². The predicted molar refractivity (Wildman–Crippen MR) is 53.0 cm³/mol. The summed E-state index contributed by atoms with van der Waals surface area (Å²) in [6, 6.07) is 6.74. The summed E-state index contributed by atoms with van der Waals surface area (Å²) in [5.41, 5.74) is 0.858. The van der Waals surface area contributed by atoms with E-state index in [1.54, 1.807) is 24.3 Å². The summed E-state index contributed by atoms with van der Waals surface area (Å²) in [6.45, 7) is -0.149. The number of nitrogens with zero attached hydrogens (tertiary/aromatic N) is 1. The van der Waals surface area contributed by atoms with Crippen LogP contribution in [0.4, 0.5) is 0 Å². The van der Waals surface area contributed by atoms with Gasteiger partial charge < -0.3 is 9.15 Å². The monoisotopic (exact) mass is 207 g/mol. The molecule has 0 atom stereocenters. The van der Waals surface area contributed by atoms with Crippen LogP contribution >= 0.6 is 0 Å². The summed E-state index contributed by atoms with van der Waals surface area (Å²) in [6.07, 6.45) is 0. The Balaban J connectivity index is 2.64. The van der Waals surface area contributed by atoms with E-state index < -0.39 is 11.7 Å². The van der Waals surface area contributed by atoms with Gasteiger partial charge in [0.15, 0.2) is 5.58 Å². The topological polar surface area (TPSA) is 61.4 Å². The Kier molecular flexibility index (Phi) is 2.39. The van der Waals surface area contributed by atoms with Crippen molar-refractivity contribution in [1.29, 1.82) is 0 Å². The van der Waals surface area contributed by atoms with Gasteiger partial charge in [-0.3, -0.25) is 4.79 Å². The van der Waals surface area contributed by atoms with E-state index in [1.165, 1.54) is 7.11 Å². The fraction of sp³-hybridized carbons (Fsp3) is 0.200. The zero-order valence-electron chi connectivity index (χ0n) is 8.10. The summed E-state index contributed by atoms with van der Waals surface area (Å²) in [5, 5.41) is 0. The van der Waals surface area contributed by atoms with Gasteiger partial charge in [-0.1, -0.05) is 12.1 Å². The maximum Gasteiger partial charge on any atom is 0.426 e. The number of rotatable bonds is 2. The first-order chi connectivity index (χ1) is 7.24. The number of oxazole rings is 1. The van der Waals surface area contributed by atoms with Crippen molar-refractivity contribution in [2.45, 2.75) is 0 Å². The second kappa shape index (κ2) is 3.70. The Labute approximate surface area is 84.9 Å². The highest BCUT2D eigenvalue weighted by Gasteiger charge is 2.14. The third-order valence-electron chi connectivity index (χ3n) is 2.00. The molecule has 0 fully saturated rings. The van der Waals surface area contributed by atoms with Crippen LogP contribution in [0, 0.1) is 0 Å². The van der Waals surface area contributed by atoms with Crippen LogP contribution in [0.15, 0.2) is 33.5 Å². The van der Waals surface area contributed by atoms with Crippen LogP contribution in [0.2, 0.25) is 0 Å². The highest BCUT2D eigenvalue weighted by Crippen LogP contribution is 2.11. The lowest BCUT2D eigenvalue weighted by Gasteiger charge is -1.98. The number of carbonyl (C=O) groups excluding carboxylic acids is 1. The Morgan fingerprint density at radius 2 is 2.20 bits per heavy atom. The molecular formula is C10H9NO4. The Morgan fingerprint density at radius 1 is 1.47 bits per heavy atom. The Bertz CT molecular complexity index is 552. The van der Waals surface area contributed by atoms with Gasteiger partial charge in [-0.25, -0.2) is 9.36 Å². The number of hydrogen-bond acceptors (Lipinski definition) is 4. The molecule has 0 N–H and O–H groups in total. The van der Waals surface area contributed by atoms with Gasteiger partial charge in [0.1, 0.15) is 6.61 Å². The van der Waals surface area contributed by atoms with Crippen LogP contribution in [0.25, 0.3) is 11.1 Å². The minimum absolute atomic E-state index is 0.149. The minimum Gasteiger partial charge on any atom is -0.407 e. The van der Waals surface area contributed by atoms with Crippen LogP contribution in [0.5, 0.6) is 0 Å². The summed E-state index contributed by atoms with van der Waals surface area (Å²) in [4.78, 5) is 22.9. The zero-order valence-corrected chi connectivity index (χ0v) is 8.10. The molecule has 1 aromatic carbocycles. The van der Waals surface area contributed by atoms with Crippen molar-refractivity contribution < 1.29 is 13.9 Å². The van der Waals surface area contributed by atoms with E-state index in [-0.39, 0.29) is 6.61 Å². The van der Waals surface area contributed by atoms with E-state index in [4.69, 9.17) is 4.42 Å². The summed E-state index contributed by atoms with van der Waals surface area (Å²) in [5.74, 6) is -1.12. The number of hydrogen-bond donors (Lipinski definition) is 0. The molecule has 2 aromatic rings. The molecule has 2 rings (SSSR count). The fourth-order valence-corrected chi connectivity index (χ4v) is 1.39. The quantitative estimate of drug-likeness (QED) is 0.733. The van der Waals surface area contributed by atoms with Crippen molar-refractivity contribution in [3.63, 3.8) is 0 Å². The predicted octanol–water partition coefficient (Wildman–Crippen LogP) is 0.881. The van der Waals surface area contributed by atoms with Crippen molar-refractivity contribution in [2.24, 2.45) is 0 Å². The number of benzene rings is 1. The van der Waals surface area contributed by atoms with Crippen LogP contribution in [0.1, 0.15) is 4.79 Å². The normalized spacial score (nSPS) is 10.7. The zero-order chi connectivity index (χ0) is 10.8. The Hall–Kier alpha value is -1.88. The van der Waals surface area contributed by atoms with E-state index >= 15 is 0 Å². The van der Waals surface area contributed by atoms with Gasteiger partial charge in [0.25, 0.3) is 5.91 Å². The maximum atomic E-state index is 11.5. The number of ether oxygens (including phenoxy) is 1. The lowest BCUT2D eigenvalue weighted by Crippen LogP contribution is -2.25. The van der Waals surface area contributed by atoms with E-state index in [2.05, 4.69) is 4.74 Å². The number of carbonyl (C=O) groups is 1. The SMILES string of the molecule is COCC(=O)n1c(=O)oc2ccccc21. The molecule has 0 aliphatic carbocycles. The van der Waals surface area contributed by atoms with Gasteiger partial charge in [-0.2, -0.15) is 0 Å². The van der Waals surface area contributed by atoms with Crippen molar-refractivity contribution >= 4 is 17.0 Å². The summed E-state index contributed by atoms with van der Waals surface area (Å²) in [7, 11) is 1.39. The first-order valence-electron chi connectivity index (χ1n) is 4.37. The average molecular weight is 207 g/mol. The van der Waals surface area contributed by atoms with Crippen molar-refractivity contribution in [2.75, 3.05) is 13.7 Å². The smallest absolute Gasteiger partial charge is 0.407 e. The molecule has 1 aromatic heterocycles. The molecule has 0 spiro atoms. The van der Waals surface area contributed by atoms with Gasteiger partial charge in [0.2, 0.25) is 0 Å². The molecule has 0 bridgehead atoms. The van der Waals surface area contributed by atoms with E-state index in [0.29, 0.717) is 11.1 Å². The standard InChI is InChI=1S/C10H9NO4/c1-14-6-9(12)11-7-4-2-3-5-8(7)15-10(11)13/h2-5H,6H2,1H3. The summed E-state index contributed by atoms with van der Waals surface area (Å²) >= 11 is 0. The molecule has 15 heavy (non-hydrogen) atoms. The van der Waals surface area contributed by atoms with E-state index in [1.807, 2.05) is 0 Å². The summed E-state index contributed by atoms with van der Waals surface area (Å²) < 4.78 is 10.5. The molecule has 0 unspecified atom stereocenters. The van der Waals surface area contributed by atoms with Gasteiger partial charge in [-0.05, 0) is 12.1 Å². The average Bonchev–Trinajstić information content (AvgIpc) is 2.54. The number of methoxy groups -OCH3 is 1. The molecule has 0 radical (unpaired) electrons. The molecule has 0 aliphatic rings. The van der Waals surface area contributed by atoms with Crippen LogP contribution in [-0.2, 0) is 4.74 Å². The number of aromatic nitrogens is 1. The van der Waals surface area contributed by atoms with Crippen molar-refractivity contribution in [1.82, 2.24) is 4.57 Å². The van der Waals surface area contributed by atoms with Gasteiger partial charge in [0, 0.05) is 7.11 Å². The molecule has 78 valence electrons. The molecule has 0 saturated carbocycles. The van der Waals surface area contributed by atoms with Gasteiger partial charge in [-0.15, -0.1) is 0 Å². The molecule has 1 heterocycles. The molecule has 0 aliphatic heterocycles. The van der Waals surface area contributed by atoms with Crippen LogP contribution < -0.4 is 5.76 Å². The molecule has 5 nitrogen and oxygen atoms in total. The molecule has 0 saturated heterocycles. The maximum absolute atomic E-state index is 11.5. The van der Waals surface area contributed by atoms with Crippen molar-refractivity contribution in [3.05, 3.63) is 34.8 Å². The first-order valence-corrected chi connectivity index (χ1v) is 4.37. The molecule has 0 amide bonds. The largest absolute Gasteiger partial charge is 0.426 e. The van der Waals surface area contributed by atoms with E-state index in [0.717, 1.165) is 4.57 Å². The van der Waals surface area contributed by atoms with E-state index in [9.17, 15) is 9.59 Å². The minimum atomic E-state index is -0.682. The van der Waals surface area contributed by atoms with Crippen LogP contribution in [0.3, 0.4) is 0 Å². The number of fused-ring (bicyclic) bond motifs is 1. The fourth-order valence-electron chi connectivity index (χ4n) is 1.39. The highest BCUT2D eigenvalue weighted by atomic mass is 16.5. The first kappa shape index (κ1) is 9.67. The molecular weight excluding hydrogens is 198 g/mol. The number of para-hydroxylation sites is 2. The lowest BCUT2D eigenvalue weighted by molar-refractivity contribution is 0.0758. The highest BCUT2D eigenvalue weighted by molar-refractivity contribution is 5.89. The lowest BCUT2D eigenvalue weighted by atomic mass is 10.3. The third-order valence-corrected chi connectivity index (χ3v) is 2.00. The van der Waals surface area contributed by atoms with Gasteiger partial charge in [0.05, 0.1) is 5.52 Å². The Morgan fingerprint density at radius 3 is 2.93 bits per heavy atom. The molecule has 5 heteroatoms. The van der Waals surface area contributed by atoms with Crippen molar-refractivity contribution in [3.8, 4) is 0 Å².